The maximum atomic E-state index is 12.1. The molecular formula is C16H21NO4. The highest BCUT2D eigenvalue weighted by atomic mass is 16.5. The van der Waals surface area contributed by atoms with Crippen LogP contribution in [0.15, 0.2) is 24.3 Å². The quantitative estimate of drug-likeness (QED) is 0.871. The molecule has 1 aliphatic rings. The third-order valence-corrected chi connectivity index (χ3v) is 3.86. The van der Waals surface area contributed by atoms with Crippen molar-refractivity contribution in [1.29, 1.82) is 0 Å². The van der Waals surface area contributed by atoms with Crippen molar-refractivity contribution >= 4 is 11.9 Å². The van der Waals surface area contributed by atoms with Crippen molar-refractivity contribution in [1.82, 2.24) is 5.32 Å². The van der Waals surface area contributed by atoms with Gasteiger partial charge in [0.1, 0.15) is 5.75 Å². The van der Waals surface area contributed by atoms with Crippen molar-refractivity contribution in [3.63, 3.8) is 0 Å². The van der Waals surface area contributed by atoms with Crippen LogP contribution in [0, 0.1) is 12.8 Å². The number of carboxylic acids is 1. The lowest BCUT2D eigenvalue weighted by molar-refractivity contribution is -0.142. The van der Waals surface area contributed by atoms with Gasteiger partial charge in [0.15, 0.2) is 6.10 Å². The molecule has 2 rings (SSSR count). The SMILES string of the molecule is Cc1ccc(OC(C)C(=O)N[C@@H]2CCC[C@@H]2C(=O)O)cc1. The van der Waals surface area contributed by atoms with Gasteiger partial charge in [0.2, 0.25) is 0 Å². The van der Waals surface area contributed by atoms with Crippen molar-refractivity contribution in [3.05, 3.63) is 29.8 Å². The summed E-state index contributed by atoms with van der Waals surface area (Å²) in [7, 11) is 0. The Balaban J connectivity index is 1.90. The Morgan fingerprint density at radius 3 is 2.57 bits per heavy atom. The first-order chi connectivity index (χ1) is 9.97. The maximum Gasteiger partial charge on any atom is 0.308 e. The van der Waals surface area contributed by atoms with Crippen LogP contribution in [0.1, 0.15) is 31.7 Å². The van der Waals surface area contributed by atoms with Crippen LogP contribution in [0.5, 0.6) is 5.75 Å². The highest BCUT2D eigenvalue weighted by molar-refractivity contribution is 5.82. The number of carbonyl (C=O) groups is 2. The molecule has 0 radical (unpaired) electrons. The van der Waals surface area contributed by atoms with Gasteiger partial charge in [-0.05, 0) is 38.8 Å². The van der Waals surface area contributed by atoms with E-state index in [9.17, 15) is 9.59 Å². The molecule has 1 aromatic carbocycles. The fourth-order valence-electron chi connectivity index (χ4n) is 2.60. The molecule has 1 saturated carbocycles. The van der Waals surface area contributed by atoms with Crippen LogP contribution in [0.25, 0.3) is 0 Å². The minimum absolute atomic E-state index is 0.270. The number of hydrogen-bond acceptors (Lipinski definition) is 3. The number of carboxylic acid groups (broad SMARTS) is 1. The lowest BCUT2D eigenvalue weighted by atomic mass is 10.0. The van der Waals surface area contributed by atoms with E-state index in [-0.39, 0.29) is 11.9 Å². The van der Waals surface area contributed by atoms with Gasteiger partial charge in [-0.3, -0.25) is 9.59 Å². The highest BCUT2D eigenvalue weighted by Gasteiger charge is 2.34. The largest absolute Gasteiger partial charge is 0.481 e. The topological polar surface area (TPSA) is 75.6 Å². The smallest absolute Gasteiger partial charge is 0.308 e. The molecule has 5 heteroatoms. The molecule has 114 valence electrons. The molecule has 1 fully saturated rings. The van der Waals surface area contributed by atoms with E-state index in [1.807, 2.05) is 31.2 Å². The number of aryl methyl sites for hydroxylation is 1. The van der Waals surface area contributed by atoms with Crippen LogP contribution in [0.3, 0.4) is 0 Å². The molecule has 1 aromatic rings. The number of carbonyl (C=O) groups excluding carboxylic acids is 1. The zero-order chi connectivity index (χ0) is 15.4. The molecular weight excluding hydrogens is 270 g/mol. The minimum Gasteiger partial charge on any atom is -0.481 e. The summed E-state index contributed by atoms with van der Waals surface area (Å²) in [4.78, 5) is 23.2. The number of amides is 1. The number of hydrogen-bond donors (Lipinski definition) is 2. The second-order valence-corrected chi connectivity index (χ2v) is 5.56. The summed E-state index contributed by atoms with van der Waals surface area (Å²) in [6, 6.07) is 7.16. The number of rotatable bonds is 5. The van der Waals surface area contributed by atoms with Gasteiger partial charge in [-0.1, -0.05) is 24.1 Å². The molecule has 2 N–H and O–H groups in total. The van der Waals surface area contributed by atoms with Crippen LogP contribution in [-0.4, -0.2) is 29.1 Å². The van der Waals surface area contributed by atoms with Crippen molar-refractivity contribution in [2.24, 2.45) is 5.92 Å². The lowest BCUT2D eigenvalue weighted by Crippen LogP contribution is -2.45. The van der Waals surface area contributed by atoms with E-state index in [1.165, 1.54) is 0 Å². The van der Waals surface area contributed by atoms with Gasteiger partial charge in [0, 0.05) is 6.04 Å². The van der Waals surface area contributed by atoms with Crippen LogP contribution < -0.4 is 10.1 Å². The van der Waals surface area contributed by atoms with E-state index in [0.29, 0.717) is 18.6 Å². The number of benzene rings is 1. The van der Waals surface area contributed by atoms with Crippen LogP contribution >= 0.6 is 0 Å². The molecule has 0 aliphatic heterocycles. The summed E-state index contributed by atoms with van der Waals surface area (Å²) in [5, 5.41) is 11.9. The summed E-state index contributed by atoms with van der Waals surface area (Å²) >= 11 is 0. The van der Waals surface area contributed by atoms with Crippen LogP contribution in [0.2, 0.25) is 0 Å². The first-order valence-electron chi connectivity index (χ1n) is 7.24. The van der Waals surface area contributed by atoms with E-state index < -0.39 is 18.0 Å². The Bertz CT molecular complexity index is 512. The Labute approximate surface area is 124 Å². The normalized spacial score (nSPS) is 22.6. The summed E-state index contributed by atoms with van der Waals surface area (Å²) in [5.74, 6) is -0.969. The fraction of sp³-hybridized carbons (Fsp3) is 0.500. The predicted octanol–water partition coefficient (Wildman–Crippen LogP) is 2.13. The molecule has 0 aromatic heterocycles. The molecule has 1 unspecified atom stereocenters. The molecule has 0 saturated heterocycles. The summed E-state index contributed by atoms with van der Waals surface area (Å²) in [6.07, 6.45) is 1.51. The van der Waals surface area contributed by atoms with Crippen LogP contribution in [-0.2, 0) is 9.59 Å². The molecule has 1 amide bonds. The summed E-state index contributed by atoms with van der Waals surface area (Å²) in [6.45, 7) is 3.64. The Morgan fingerprint density at radius 2 is 1.95 bits per heavy atom. The van der Waals surface area contributed by atoms with Gasteiger partial charge < -0.3 is 15.2 Å². The zero-order valence-electron chi connectivity index (χ0n) is 12.3. The molecule has 21 heavy (non-hydrogen) atoms. The van der Waals surface area contributed by atoms with Gasteiger partial charge in [-0.15, -0.1) is 0 Å². The average Bonchev–Trinajstić information content (AvgIpc) is 2.89. The van der Waals surface area contributed by atoms with Gasteiger partial charge in [0.25, 0.3) is 5.91 Å². The van der Waals surface area contributed by atoms with Crippen molar-refractivity contribution in [2.45, 2.75) is 45.3 Å². The molecule has 1 aliphatic carbocycles. The van der Waals surface area contributed by atoms with E-state index >= 15 is 0 Å². The molecule has 3 atom stereocenters. The predicted molar refractivity (Wildman–Crippen MR) is 78.2 cm³/mol. The Kier molecular flexibility index (Phi) is 4.83. The average molecular weight is 291 g/mol. The standard InChI is InChI=1S/C16H21NO4/c1-10-6-8-12(9-7-10)21-11(2)15(18)17-14-5-3-4-13(14)16(19)20/h6-9,11,13-14H,3-5H2,1-2H3,(H,17,18)(H,19,20)/t11?,13-,14+/m0/s1. The highest BCUT2D eigenvalue weighted by Crippen LogP contribution is 2.26. The van der Waals surface area contributed by atoms with Gasteiger partial charge in [0.05, 0.1) is 5.92 Å². The zero-order valence-corrected chi connectivity index (χ0v) is 12.3. The minimum atomic E-state index is -0.843. The summed E-state index contributed by atoms with van der Waals surface area (Å²) < 4.78 is 5.58. The third kappa shape index (κ3) is 3.97. The van der Waals surface area contributed by atoms with Crippen molar-refractivity contribution in [3.8, 4) is 5.75 Å². The first-order valence-corrected chi connectivity index (χ1v) is 7.24. The Morgan fingerprint density at radius 1 is 1.29 bits per heavy atom. The van der Waals surface area contributed by atoms with Gasteiger partial charge in [-0.2, -0.15) is 0 Å². The fourth-order valence-corrected chi connectivity index (χ4v) is 2.60. The van der Waals surface area contributed by atoms with E-state index in [4.69, 9.17) is 9.84 Å². The van der Waals surface area contributed by atoms with Gasteiger partial charge in [-0.25, -0.2) is 0 Å². The number of ether oxygens (including phenoxy) is 1. The monoisotopic (exact) mass is 291 g/mol. The van der Waals surface area contributed by atoms with E-state index in [1.54, 1.807) is 6.92 Å². The van der Waals surface area contributed by atoms with Crippen molar-refractivity contribution < 1.29 is 19.4 Å². The van der Waals surface area contributed by atoms with Crippen LogP contribution in [0.4, 0.5) is 0 Å². The molecule has 0 bridgehead atoms. The lowest BCUT2D eigenvalue weighted by Gasteiger charge is -2.21. The first kappa shape index (κ1) is 15.4. The van der Waals surface area contributed by atoms with E-state index in [2.05, 4.69) is 5.32 Å². The maximum absolute atomic E-state index is 12.1. The molecule has 0 spiro atoms. The molecule has 0 heterocycles. The number of aliphatic carboxylic acids is 1. The second kappa shape index (κ2) is 6.61. The molecule has 5 nitrogen and oxygen atoms in total. The van der Waals surface area contributed by atoms with Gasteiger partial charge >= 0.3 is 5.97 Å². The van der Waals surface area contributed by atoms with Crippen molar-refractivity contribution in [2.75, 3.05) is 0 Å². The second-order valence-electron chi connectivity index (χ2n) is 5.56. The third-order valence-electron chi connectivity index (χ3n) is 3.86. The summed E-state index contributed by atoms with van der Waals surface area (Å²) in [5.41, 5.74) is 1.12. The van der Waals surface area contributed by atoms with E-state index in [0.717, 1.165) is 12.0 Å². The number of nitrogens with one attached hydrogen (secondary N) is 1. The Hall–Kier alpha value is -2.04.